The van der Waals surface area contributed by atoms with Gasteiger partial charge in [0.05, 0.1) is 11.2 Å². The molecule has 5 heteroatoms. The quantitative estimate of drug-likeness (QED) is 0.182. The van der Waals surface area contributed by atoms with Crippen LogP contribution in [0.4, 0.5) is 0 Å². The Morgan fingerprint density at radius 1 is 0.434 bits per heavy atom. The first-order chi connectivity index (χ1) is 26.3. The van der Waals surface area contributed by atoms with E-state index >= 15 is 0 Å². The normalized spacial score (nSPS) is 11.8. The van der Waals surface area contributed by atoms with Crippen LogP contribution in [0.15, 0.2) is 176 Å². The molecule has 0 fully saturated rings. The third kappa shape index (κ3) is 4.57. The van der Waals surface area contributed by atoms with Gasteiger partial charge in [-0.15, -0.1) is 0 Å². The summed E-state index contributed by atoms with van der Waals surface area (Å²) in [4.78, 5) is 19.7. The molecule has 0 saturated heterocycles. The van der Waals surface area contributed by atoms with Gasteiger partial charge in [-0.2, -0.15) is 0 Å². The van der Waals surface area contributed by atoms with Crippen molar-refractivity contribution in [3.05, 3.63) is 176 Å². The maximum absolute atomic E-state index is 5.37. The second-order valence-electron chi connectivity index (χ2n) is 13.5. The van der Waals surface area contributed by atoms with E-state index in [9.17, 15) is 0 Å². The lowest BCUT2D eigenvalue weighted by Gasteiger charge is -2.13. The summed E-state index contributed by atoms with van der Waals surface area (Å²) in [5.41, 5.74) is 17.1. The number of fused-ring (bicyclic) bond motifs is 6. The highest BCUT2D eigenvalue weighted by Crippen LogP contribution is 2.50. The lowest BCUT2D eigenvalue weighted by atomic mass is 9.94. The summed E-state index contributed by atoms with van der Waals surface area (Å²) in [5.74, 6) is 0.843. The maximum atomic E-state index is 5.37. The lowest BCUT2D eigenvalue weighted by molar-refractivity contribution is 1.10. The standard InChI is InChI=1S/C48H29N5/c1-3-10-31(11-4-1)44-47-46(45-42(51-44)17-9-27-50-45)52-48(53(47)35-13-5-2-6-14-35)32-20-18-30(19-21-32)36-24-25-40-37-23-22-33(34-12-8-26-49-29-34)28-41(37)39-16-7-15-38(36)43(39)40/h1-29H. The minimum absolute atomic E-state index is 0.788. The molecule has 1 aliphatic carbocycles. The molecule has 5 nitrogen and oxygen atoms in total. The zero-order chi connectivity index (χ0) is 34.9. The third-order valence-corrected chi connectivity index (χ3v) is 10.5. The molecule has 0 radical (unpaired) electrons. The summed E-state index contributed by atoms with van der Waals surface area (Å²) in [6.45, 7) is 0. The molecule has 4 aromatic heterocycles. The predicted octanol–water partition coefficient (Wildman–Crippen LogP) is 11.8. The Hall–Kier alpha value is -7.24. The summed E-state index contributed by atoms with van der Waals surface area (Å²) in [6, 6.07) is 55.7. The summed E-state index contributed by atoms with van der Waals surface area (Å²) in [5, 5.41) is 2.55. The van der Waals surface area contributed by atoms with E-state index in [0.29, 0.717) is 0 Å². The van der Waals surface area contributed by atoms with Gasteiger partial charge in [0.15, 0.2) is 0 Å². The number of rotatable bonds is 5. The highest BCUT2D eigenvalue weighted by atomic mass is 15.1. The van der Waals surface area contributed by atoms with Crippen LogP contribution in [0.25, 0.3) is 106 Å². The van der Waals surface area contributed by atoms with Gasteiger partial charge >= 0.3 is 0 Å². The van der Waals surface area contributed by atoms with Crippen molar-refractivity contribution in [2.24, 2.45) is 0 Å². The van der Waals surface area contributed by atoms with E-state index in [1.54, 1.807) is 0 Å². The molecule has 6 aromatic carbocycles. The van der Waals surface area contributed by atoms with Gasteiger partial charge in [-0.1, -0.05) is 121 Å². The molecule has 0 bridgehead atoms. The number of para-hydroxylation sites is 1. The number of aromatic nitrogens is 5. The van der Waals surface area contributed by atoms with Crippen LogP contribution in [-0.4, -0.2) is 24.5 Å². The number of imidazole rings is 1. The Morgan fingerprint density at radius 2 is 1.15 bits per heavy atom. The molecule has 1 aliphatic rings. The molecule has 246 valence electrons. The van der Waals surface area contributed by atoms with E-state index < -0.39 is 0 Å². The summed E-state index contributed by atoms with van der Waals surface area (Å²) in [7, 11) is 0. The van der Waals surface area contributed by atoms with Crippen LogP contribution >= 0.6 is 0 Å². The molecule has 10 aromatic rings. The monoisotopic (exact) mass is 675 g/mol. The van der Waals surface area contributed by atoms with Crippen molar-refractivity contribution in [1.29, 1.82) is 0 Å². The van der Waals surface area contributed by atoms with Gasteiger partial charge in [0.2, 0.25) is 0 Å². The Bertz CT molecular complexity index is 3020. The zero-order valence-electron chi connectivity index (χ0n) is 28.5. The van der Waals surface area contributed by atoms with Crippen LogP contribution in [0, 0.1) is 0 Å². The van der Waals surface area contributed by atoms with E-state index in [1.165, 1.54) is 44.2 Å². The summed E-state index contributed by atoms with van der Waals surface area (Å²) >= 11 is 0. The second-order valence-corrected chi connectivity index (χ2v) is 13.5. The van der Waals surface area contributed by atoms with Crippen LogP contribution in [0.3, 0.4) is 0 Å². The predicted molar refractivity (Wildman–Crippen MR) is 216 cm³/mol. The topological polar surface area (TPSA) is 56.5 Å². The van der Waals surface area contributed by atoms with E-state index in [0.717, 1.165) is 61.5 Å². The van der Waals surface area contributed by atoms with Gasteiger partial charge in [-0.25, -0.2) is 9.97 Å². The summed E-state index contributed by atoms with van der Waals surface area (Å²) < 4.78 is 2.24. The average molecular weight is 676 g/mol. The van der Waals surface area contributed by atoms with Crippen molar-refractivity contribution < 1.29 is 0 Å². The van der Waals surface area contributed by atoms with E-state index in [2.05, 4.69) is 137 Å². The molecule has 0 aliphatic heterocycles. The first-order valence-electron chi connectivity index (χ1n) is 17.8. The van der Waals surface area contributed by atoms with E-state index in [4.69, 9.17) is 15.0 Å². The van der Waals surface area contributed by atoms with Crippen molar-refractivity contribution in [3.63, 3.8) is 0 Å². The van der Waals surface area contributed by atoms with Crippen LogP contribution in [-0.2, 0) is 0 Å². The fourth-order valence-corrected chi connectivity index (χ4v) is 8.09. The van der Waals surface area contributed by atoms with E-state index in [-0.39, 0.29) is 0 Å². The number of benzene rings is 6. The summed E-state index contributed by atoms with van der Waals surface area (Å²) in [6.07, 6.45) is 5.57. The van der Waals surface area contributed by atoms with Crippen LogP contribution < -0.4 is 0 Å². The molecule has 0 saturated carbocycles. The van der Waals surface area contributed by atoms with Crippen molar-refractivity contribution in [3.8, 4) is 72.8 Å². The Balaban J connectivity index is 1.07. The average Bonchev–Trinajstić information content (AvgIpc) is 3.79. The molecular weight excluding hydrogens is 647 g/mol. The number of hydrogen-bond acceptors (Lipinski definition) is 4. The van der Waals surface area contributed by atoms with Crippen molar-refractivity contribution in [2.75, 3.05) is 0 Å². The Kier molecular flexibility index (Phi) is 6.48. The molecule has 0 spiro atoms. The van der Waals surface area contributed by atoms with Gasteiger partial charge in [0, 0.05) is 41.0 Å². The minimum atomic E-state index is 0.788. The first kappa shape index (κ1) is 29.5. The van der Waals surface area contributed by atoms with Gasteiger partial charge < -0.3 is 0 Å². The molecular formula is C48H29N5. The van der Waals surface area contributed by atoms with Crippen molar-refractivity contribution in [2.45, 2.75) is 0 Å². The maximum Gasteiger partial charge on any atom is 0.145 e. The molecule has 53 heavy (non-hydrogen) atoms. The highest BCUT2D eigenvalue weighted by molar-refractivity contribution is 6.19. The van der Waals surface area contributed by atoms with E-state index in [1.807, 2.05) is 48.9 Å². The molecule has 0 atom stereocenters. The van der Waals surface area contributed by atoms with Gasteiger partial charge in [-0.05, 0) is 86.1 Å². The van der Waals surface area contributed by atoms with Gasteiger partial charge in [0.1, 0.15) is 22.4 Å². The first-order valence-corrected chi connectivity index (χ1v) is 17.8. The van der Waals surface area contributed by atoms with Crippen molar-refractivity contribution >= 4 is 32.8 Å². The fraction of sp³-hybridized carbons (Fsp3) is 0. The fourth-order valence-electron chi connectivity index (χ4n) is 8.09. The van der Waals surface area contributed by atoms with Gasteiger partial charge in [-0.3, -0.25) is 14.5 Å². The van der Waals surface area contributed by atoms with Crippen LogP contribution in [0.2, 0.25) is 0 Å². The minimum Gasteiger partial charge on any atom is -0.290 e. The number of pyridine rings is 3. The molecule has 4 heterocycles. The molecule has 11 rings (SSSR count). The largest absolute Gasteiger partial charge is 0.290 e. The van der Waals surface area contributed by atoms with Crippen molar-refractivity contribution in [1.82, 2.24) is 24.5 Å². The van der Waals surface area contributed by atoms with Crippen LogP contribution in [0.5, 0.6) is 0 Å². The molecule has 0 amide bonds. The molecule has 0 unspecified atom stereocenters. The number of hydrogen-bond donors (Lipinski definition) is 0. The zero-order valence-corrected chi connectivity index (χ0v) is 28.5. The number of nitrogens with zero attached hydrogens (tertiary/aromatic N) is 5. The Labute approximate surface area is 305 Å². The SMILES string of the molecule is c1ccc(-c2nc3cccnc3c3nc(-c4ccc(-c5ccc6c7c(cccc57)-c5cc(-c7cccnc7)ccc5-6)cc4)n(-c4ccccc4)c23)cc1. The third-order valence-electron chi connectivity index (χ3n) is 10.5. The highest BCUT2D eigenvalue weighted by Gasteiger charge is 2.25. The Morgan fingerprint density at radius 3 is 1.98 bits per heavy atom. The molecule has 0 N–H and O–H groups in total. The smallest absolute Gasteiger partial charge is 0.145 e. The van der Waals surface area contributed by atoms with Crippen LogP contribution in [0.1, 0.15) is 0 Å². The van der Waals surface area contributed by atoms with Gasteiger partial charge in [0.25, 0.3) is 0 Å². The lowest BCUT2D eigenvalue weighted by Crippen LogP contribution is -2.00. The second kappa shape index (κ2) is 11.7.